The van der Waals surface area contributed by atoms with E-state index < -0.39 is 0 Å². The first-order valence-electron chi connectivity index (χ1n) is 9.57. The van der Waals surface area contributed by atoms with Crippen molar-refractivity contribution >= 4 is 22.8 Å². The minimum atomic E-state index is -0.348. The van der Waals surface area contributed by atoms with Crippen molar-refractivity contribution in [1.29, 1.82) is 0 Å². The lowest BCUT2D eigenvalue weighted by Crippen LogP contribution is -2.33. The number of likely N-dealkylation sites (tertiary alicyclic amines) is 1. The van der Waals surface area contributed by atoms with Gasteiger partial charge in [-0.15, -0.1) is 0 Å². The number of amides is 2. The predicted molar refractivity (Wildman–Crippen MR) is 106 cm³/mol. The fourth-order valence-electron chi connectivity index (χ4n) is 3.64. The highest BCUT2D eigenvalue weighted by Gasteiger charge is 2.23. The lowest BCUT2D eigenvalue weighted by Gasteiger charge is -2.19. The van der Waals surface area contributed by atoms with Crippen LogP contribution in [0.15, 0.2) is 48.8 Å². The van der Waals surface area contributed by atoms with E-state index in [-0.39, 0.29) is 24.4 Å². The molecule has 0 bridgehead atoms. The van der Waals surface area contributed by atoms with Gasteiger partial charge in [0.1, 0.15) is 12.4 Å². The number of imidazole rings is 1. The third-order valence-corrected chi connectivity index (χ3v) is 5.11. The maximum Gasteiger partial charge on any atom is 0.251 e. The van der Waals surface area contributed by atoms with Crippen LogP contribution >= 0.6 is 0 Å². The molecule has 1 aromatic carbocycles. The number of pyridine rings is 1. The maximum atomic E-state index is 12.8. The van der Waals surface area contributed by atoms with Crippen LogP contribution in [0.25, 0.3) is 11.0 Å². The van der Waals surface area contributed by atoms with E-state index in [1.54, 1.807) is 24.5 Å². The standard InChI is InChI=1S/C21H23N5O2/c1-15(23-21(28)16-8-10-22-11-9-16)20-24-17-6-2-3-7-18(17)26(20)14-19(27)25-12-4-5-13-25/h2-3,6-11,15H,4-5,12-14H2,1H3,(H,23,28). The van der Waals surface area contributed by atoms with Gasteiger partial charge < -0.3 is 14.8 Å². The minimum Gasteiger partial charge on any atom is -0.342 e. The Morgan fingerprint density at radius 3 is 2.57 bits per heavy atom. The molecule has 2 aromatic heterocycles. The van der Waals surface area contributed by atoms with Crippen molar-refractivity contribution in [2.75, 3.05) is 13.1 Å². The van der Waals surface area contributed by atoms with Crippen LogP contribution in [0, 0.1) is 0 Å². The smallest absolute Gasteiger partial charge is 0.251 e. The lowest BCUT2D eigenvalue weighted by molar-refractivity contribution is -0.130. The largest absolute Gasteiger partial charge is 0.342 e. The van der Waals surface area contributed by atoms with Gasteiger partial charge in [0.05, 0.1) is 17.1 Å². The lowest BCUT2D eigenvalue weighted by atomic mass is 10.2. The zero-order chi connectivity index (χ0) is 19.5. The van der Waals surface area contributed by atoms with E-state index in [1.807, 2.05) is 40.7 Å². The van der Waals surface area contributed by atoms with Crippen molar-refractivity contribution in [2.24, 2.45) is 0 Å². The minimum absolute atomic E-state index is 0.0922. The van der Waals surface area contributed by atoms with Crippen LogP contribution in [-0.2, 0) is 11.3 Å². The molecule has 7 nitrogen and oxygen atoms in total. The van der Waals surface area contributed by atoms with Crippen molar-refractivity contribution in [3.63, 3.8) is 0 Å². The number of carbonyl (C=O) groups excluding carboxylic acids is 2. The van der Waals surface area contributed by atoms with Crippen molar-refractivity contribution in [1.82, 2.24) is 24.8 Å². The van der Waals surface area contributed by atoms with E-state index in [9.17, 15) is 9.59 Å². The Morgan fingerprint density at radius 2 is 1.82 bits per heavy atom. The molecule has 1 N–H and O–H groups in total. The van der Waals surface area contributed by atoms with E-state index in [2.05, 4.69) is 10.3 Å². The van der Waals surface area contributed by atoms with E-state index in [4.69, 9.17) is 4.98 Å². The number of nitrogens with zero attached hydrogens (tertiary/aromatic N) is 4. The molecule has 1 fully saturated rings. The van der Waals surface area contributed by atoms with Crippen molar-refractivity contribution in [3.05, 3.63) is 60.2 Å². The van der Waals surface area contributed by atoms with Gasteiger partial charge >= 0.3 is 0 Å². The molecule has 0 spiro atoms. The van der Waals surface area contributed by atoms with E-state index in [0.717, 1.165) is 37.0 Å². The molecule has 0 radical (unpaired) electrons. The monoisotopic (exact) mass is 377 g/mol. The van der Waals surface area contributed by atoms with Gasteiger partial charge in [-0.3, -0.25) is 14.6 Å². The summed E-state index contributed by atoms with van der Waals surface area (Å²) >= 11 is 0. The molecule has 3 aromatic rings. The Labute approximate surface area is 163 Å². The summed E-state index contributed by atoms with van der Waals surface area (Å²) in [5, 5.41) is 2.98. The average molecular weight is 377 g/mol. The predicted octanol–water partition coefficient (Wildman–Crippen LogP) is 2.54. The molecular weight excluding hydrogens is 354 g/mol. The number of fused-ring (bicyclic) bond motifs is 1. The first kappa shape index (κ1) is 18.2. The van der Waals surface area contributed by atoms with E-state index in [0.29, 0.717) is 11.4 Å². The second-order valence-corrected chi connectivity index (χ2v) is 7.06. The summed E-state index contributed by atoms with van der Waals surface area (Å²) in [4.78, 5) is 35.8. The molecule has 2 amide bonds. The molecule has 144 valence electrons. The Kier molecular flexibility index (Phi) is 5.06. The van der Waals surface area contributed by atoms with Crippen LogP contribution < -0.4 is 5.32 Å². The van der Waals surface area contributed by atoms with Crippen LogP contribution in [0.4, 0.5) is 0 Å². The number of benzene rings is 1. The SMILES string of the molecule is CC(NC(=O)c1ccncc1)c1nc2ccccc2n1CC(=O)N1CCCC1. The molecule has 0 aliphatic carbocycles. The maximum absolute atomic E-state index is 12.8. The highest BCUT2D eigenvalue weighted by Crippen LogP contribution is 2.22. The van der Waals surface area contributed by atoms with Crippen LogP contribution in [0.5, 0.6) is 0 Å². The zero-order valence-electron chi connectivity index (χ0n) is 15.8. The summed E-state index contributed by atoms with van der Waals surface area (Å²) in [6.07, 6.45) is 5.29. The molecule has 1 unspecified atom stereocenters. The topological polar surface area (TPSA) is 80.1 Å². The van der Waals surface area contributed by atoms with Gasteiger partial charge in [0.25, 0.3) is 5.91 Å². The van der Waals surface area contributed by atoms with Gasteiger partial charge in [0.2, 0.25) is 5.91 Å². The number of rotatable bonds is 5. The molecule has 3 heterocycles. The van der Waals surface area contributed by atoms with E-state index in [1.165, 1.54) is 0 Å². The molecule has 1 aliphatic rings. The summed E-state index contributed by atoms with van der Waals surface area (Å²) in [7, 11) is 0. The Balaban J connectivity index is 1.62. The Morgan fingerprint density at radius 1 is 1.11 bits per heavy atom. The van der Waals surface area contributed by atoms with Gasteiger partial charge in [-0.2, -0.15) is 0 Å². The van der Waals surface area contributed by atoms with Gasteiger partial charge in [-0.1, -0.05) is 12.1 Å². The third kappa shape index (κ3) is 3.60. The average Bonchev–Trinajstić information content (AvgIpc) is 3.37. The summed E-state index contributed by atoms with van der Waals surface area (Å²) in [5.74, 6) is 0.574. The fraction of sp³-hybridized carbons (Fsp3) is 0.333. The number of hydrogen-bond donors (Lipinski definition) is 1. The summed E-state index contributed by atoms with van der Waals surface area (Å²) in [6.45, 7) is 3.74. The Bertz CT molecular complexity index is 992. The highest BCUT2D eigenvalue weighted by atomic mass is 16.2. The Hall–Kier alpha value is -3.22. The zero-order valence-corrected chi connectivity index (χ0v) is 15.8. The second-order valence-electron chi connectivity index (χ2n) is 7.06. The number of carbonyl (C=O) groups is 2. The second kappa shape index (κ2) is 7.80. The quantitative estimate of drug-likeness (QED) is 0.741. The van der Waals surface area contributed by atoms with Crippen LogP contribution in [0.1, 0.15) is 42.0 Å². The highest BCUT2D eigenvalue weighted by molar-refractivity contribution is 5.94. The molecule has 0 saturated carbocycles. The van der Waals surface area contributed by atoms with Crippen LogP contribution in [-0.4, -0.2) is 44.3 Å². The normalized spacial score (nSPS) is 15.0. The summed E-state index contributed by atoms with van der Waals surface area (Å²) in [6, 6.07) is 10.7. The van der Waals surface area contributed by atoms with Crippen molar-refractivity contribution in [2.45, 2.75) is 32.4 Å². The van der Waals surface area contributed by atoms with Gasteiger partial charge in [0.15, 0.2) is 0 Å². The van der Waals surface area contributed by atoms with Crippen molar-refractivity contribution in [3.8, 4) is 0 Å². The summed E-state index contributed by atoms with van der Waals surface area (Å²) in [5.41, 5.74) is 2.25. The number of nitrogens with one attached hydrogen (secondary N) is 1. The molecule has 7 heteroatoms. The molecule has 28 heavy (non-hydrogen) atoms. The van der Waals surface area contributed by atoms with Gasteiger partial charge in [0, 0.05) is 31.0 Å². The van der Waals surface area contributed by atoms with Gasteiger partial charge in [-0.25, -0.2) is 4.98 Å². The summed E-state index contributed by atoms with van der Waals surface area (Å²) < 4.78 is 1.92. The molecule has 1 aliphatic heterocycles. The molecule has 4 rings (SSSR count). The molecule has 1 atom stereocenters. The number of aromatic nitrogens is 3. The van der Waals surface area contributed by atoms with Gasteiger partial charge in [-0.05, 0) is 44.0 Å². The van der Waals surface area contributed by atoms with Crippen LogP contribution in [0.2, 0.25) is 0 Å². The van der Waals surface area contributed by atoms with E-state index >= 15 is 0 Å². The number of para-hydroxylation sites is 2. The number of hydrogen-bond acceptors (Lipinski definition) is 4. The van der Waals surface area contributed by atoms with Crippen molar-refractivity contribution < 1.29 is 9.59 Å². The van der Waals surface area contributed by atoms with Crippen LogP contribution in [0.3, 0.4) is 0 Å². The first-order valence-corrected chi connectivity index (χ1v) is 9.57. The third-order valence-electron chi connectivity index (χ3n) is 5.11. The molecular formula is C21H23N5O2. The fourth-order valence-corrected chi connectivity index (χ4v) is 3.64. The first-order chi connectivity index (χ1) is 13.6. The molecule has 1 saturated heterocycles.